The number of benzene rings is 1. The smallest absolute Gasteiger partial charge is 0.358 e. The van der Waals surface area contributed by atoms with Crippen LogP contribution in [0.2, 0.25) is 0 Å². The van der Waals surface area contributed by atoms with Gasteiger partial charge in [0.05, 0.1) is 11.0 Å². The zero-order valence-corrected chi connectivity index (χ0v) is 12.4. The highest BCUT2D eigenvalue weighted by Crippen LogP contribution is 2.37. The van der Waals surface area contributed by atoms with Gasteiger partial charge in [0.25, 0.3) is 0 Å². The topological polar surface area (TPSA) is 60.8 Å². The summed E-state index contributed by atoms with van der Waals surface area (Å²) >= 11 is 11.4. The highest BCUT2D eigenvalue weighted by molar-refractivity contribution is 7.60. The zero-order chi connectivity index (χ0) is 13.8. The molecule has 0 aliphatic carbocycles. The SMILES string of the molecule is Cc1ccc(P(=O)(O)O)c(N(CCCl)CCCl)c1. The largest absolute Gasteiger partial charge is 0.368 e. The third-order valence-electron chi connectivity index (χ3n) is 2.49. The fourth-order valence-electron chi connectivity index (χ4n) is 1.69. The second kappa shape index (κ2) is 6.78. The van der Waals surface area contributed by atoms with Crippen molar-refractivity contribution in [1.82, 2.24) is 0 Å². The molecule has 0 amide bonds. The predicted octanol–water partition coefficient (Wildman–Crippen LogP) is 2.08. The molecule has 0 heterocycles. The molecule has 1 rings (SSSR count). The lowest BCUT2D eigenvalue weighted by atomic mass is 10.2. The molecule has 0 atom stereocenters. The molecule has 0 aliphatic rings. The Morgan fingerprint density at radius 3 is 2.22 bits per heavy atom. The van der Waals surface area contributed by atoms with E-state index in [2.05, 4.69) is 0 Å². The van der Waals surface area contributed by atoms with Crippen LogP contribution in [0.3, 0.4) is 0 Å². The number of alkyl halides is 2. The quantitative estimate of drug-likeness (QED) is 0.624. The lowest BCUT2D eigenvalue weighted by molar-refractivity contribution is 0.387. The second-order valence-corrected chi connectivity index (χ2v) is 6.23. The van der Waals surface area contributed by atoms with Gasteiger partial charge in [-0.05, 0) is 24.6 Å². The molecule has 0 aliphatic heterocycles. The third-order valence-corrected chi connectivity index (χ3v) is 3.84. The van der Waals surface area contributed by atoms with E-state index in [1.54, 1.807) is 17.0 Å². The summed E-state index contributed by atoms with van der Waals surface area (Å²) < 4.78 is 11.5. The Hall–Kier alpha value is -0.250. The van der Waals surface area contributed by atoms with E-state index in [4.69, 9.17) is 23.2 Å². The number of aryl methyl sites for hydroxylation is 1. The zero-order valence-electron chi connectivity index (χ0n) is 10.0. The van der Waals surface area contributed by atoms with Gasteiger partial charge < -0.3 is 14.7 Å². The summed E-state index contributed by atoms with van der Waals surface area (Å²) in [4.78, 5) is 20.5. The molecule has 0 spiro atoms. The number of hydrogen-bond acceptors (Lipinski definition) is 2. The number of halogens is 2. The summed E-state index contributed by atoms with van der Waals surface area (Å²) in [6.45, 7) is 2.85. The molecule has 18 heavy (non-hydrogen) atoms. The molecular weight excluding hydrogens is 296 g/mol. The summed E-state index contributed by atoms with van der Waals surface area (Å²) in [5, 5.41) is 0.0170. The maximum Gasteiger partial charge on any atom is 0.358 e. The van der Waals surface area contributed by atoms with Crippen LogP contribution >= 0.6 is 30.8 Å². The fourth-order valence-corrected chi connectivity index (χ4v) is 2.87. The van der Waals surface area contributed by atoms with E-state index in [0.717, 1.165) is 5.56 Å². The van der Waals surface area contributed by atoms with Crippen LogP contribution in [0.5, 0.6) is 0 Å². The first-order valence-corrected chi connectivity index (χ1v) is 8.12. The average Bonchev–Trinajstić information content (AvgIpc) is 2.27. The van der Waals surface area contributed by atoms with E-state index in [0.29, 0.717) is 30.5 Å². The first-order chi connectivity index (χ1) is 8.40. The Morgan fingerprint density at radius 2 is 1.78 bits per heavy atom. The predicted molar refractivity (Wildman–Crippen MR) is 76.5 cm³/mol. The van der Waals surface area contributed by atoms with Crippen molar-refractivity contribution in [2.45, 2.75) is 6.92 Å². The standard InChI is InChI=1S/C11H16Cl2NO3P/c1-9-2-3-11(18(15,16)17)10(8-9)14(6-4-12)7-5-13/h2-3,8H,4-7H2,1H3,(H2,15,16,17). The van der Waals surface area contributed by atoms with Crippen LogP contribution in [0.4, 0.5) is 5.69 Å². The molecule has 0 saturated carbocycles. The Labute approximate surface area is 117 Å². The Balaban J connectivity index is 3.25. The van der Waals surface area contributed by atoms with E-state index in [1.807, 2.05) is 6.92 Å². The molecule has 4 nitrogen and oxygen atoms in total. The molecule has 1 aromatic rings. The number of rotatable bonds is 6. The maximum atomic E-state index is 11.5. The minimum Gasteiger partial charge on any atom is -0.368 e. The van der Waals surface area contributed by atoms with Gasteiger partial charge in [0.2, 0.25) is 0 Å². The number of anilines is 1. The van der Waals surface area contributed by atoms with Gasteiger partial charge >= 0.3 is 7.60 Å². The lowest BCUT2D eigenvalue weighted by Gasteiger charge is -2.26. The van der Waals surface area contributed by atoms with E-state index in [-0.39, 0.29) is 5.30 Å². The van der Waals surface area contributed by atoms with Gasteiger partial charge in [-0.3, -0.25) is 4.57 Å². The first kappa shape index (κ1) is 15.8. The van der Waals surface area contributed by atoms with Crippen LogP contribution in [0, 0.1) is 6.92 Å². The van der Waals surface area contributed by atoms with Crippen LogP contribution in [-0.4, -0.2) is 34.6 Å². The Bertz CT molecular complexity index is 444. The van der Waals surface area contributed by atoms with Crippen molar-refractivity contribution in [2.75, 3.05) is 29.7 Å². The van der Waals surface area contributed by atoms with E-state index < -0.39 is 7.60 Å². The van der Waals surface area contributed by atoms with Crippen molar-refractivity contribution in [2.24, 2.45) is 0 Å². The number of nitrogens with zero attached hydrogens (tertiary/aromatic N) is 1. The van der Waals surface area contributed by atoms with Crippen LogP contribution in [0.1, 0.15) is 5.56 Å². The summed E-state index contributed by atoms with van der Waals surface area (Å²) in [5.41, 5.74) is 1.43. The third kappa shape index (κ3) is 4.15. The molecule has 7 heteroatoms. The minimum absolute atomic E-state index is 0.0170. The van der Waals surface area contributed by atoms with E-state index >= 15 is 0 Å². The van der Waals surface area contributed by atoms with Crippen LogP contribution in [-0.2, 0) is 4.57 Å². The minimum atomic E-state index is -4.30. The van der Waals surface area contributed by atoms with Gasteiger partial charge in [-0.15, -0.1) is 23.2 Å². The lowest BCUT2D eigenvalue weighted by Crippen LogP contribution is -2.31. The molecule has 2 N–H and O–H groups in total. The molecule has 0 radical (unpaired) electrons. The highest BCUT2D eigenvalue weighted by atomic mass is 35.5. The van der Waals surface area contributed by atoms with Crippen molar-refractivity contribution < 1.29 is 14.4 Å². The Kier molecular flexibility index (Phi) is 5.96. The molecular formula is C11H16Cl2NO3P. The molecule has 0 fully saturated rings. The summed E-state index contributed by atoms with van der Waals surface area (Å²) in [7, 11) is -4.30. The highest BCUT2D eigenvalue weighted by Gasteiger charge is 2.24. The molecule has 0 saturated heterocycles. The van der Waals surface area contributed by atoms with Gasteiger partial charge in [0.1, 0.15) is 0 Å². The molecule has 102 valence electrons. The van der Waals surface area contributed by atoms with E-state index in [1.165, 1.54) is 6.07 Å². The van der Waals surface area contributed by atoms with Gasteiger partial charge in [0, 0.05) is 24.8 Å². The van der Waals surface area contributed by atoms with Crippen LogP contribution in [0.15, 0.2) is 18.2 Å². The van der Waals surface area contributed by atoms with Gasteiger partial charge in [-0.2, -0.15) is 0 Å². The van der Waals surface area contributed by atoms with Gasteiger partial charge in [0.15, 0.2) is 0 Å². The summed E-state index contributed by atoms with van der Waals surface area (Å²) in [6, 6.07) is 4.88. The van der Waals surface area contributed by atoms with Crippen LogP contribution in [0.25, 0.3) is 0 Å². The summed E-state index contributed by atoms with van der Waals surface area (Å²) in [6.07, 6.45) is 0. The normalized spacial score (nSPS) is 11.6. The van der Waals surface area contributed by atoms with E-state index in [9.17, 15) is 14.4 Å². The van der Waals surface area contributed by atoms with Crippen molar-refractivity contribution in [3.05, 3.63) is 23.8 Å². The number of hydrogen-bond donors (Lipinski definition) is 2. The maximum absolute atomic E-state index is 11.5. The van der Waals surface area contributed by atoms with Gasteiger partial charge in [-0.1, -0.05) is 6.07 Å². The van der Waals surface area contributed by atoms with Crippen molar-refractivity contribution >= 4 is 41.8 Å². The molecule has 1 aromatic carbocycles. The van der Waals surface area contributed by atoms with Crippen molar-refractivity contribution in [1.29, 1.82) is 0 Å². The monoisotopic (exact) mass is 311 g/mol. The molecule has 0 aromatic heterocycles. The first-order valence-electron chi connectivity index (χ1n) is 5.43. The molecule has 0 unspecified atom stereocenters. The van der Waals surface area contributed by atoms with Crippen LogP contribution < -0.4 is 10.2 Å². The fraction of sp³-hybridized carbons (Fsp3) is 0.455. The summed E-state index contributed by atoms with van der Waals surface area (Å²) in [5.74, 6) is 0.733. The average molecular weight is 312 g/mol. The van der Waals surface area contributed by atoms with Crippen molar-refractivity contribution in [3.8, 4) is 0 Å². The second-order valence-electron chi connectivity index (χ2n) is 3.90. The van der Waals surface area contributed by atoms with Gasteiger partial charge in [-0.25, -0.2) is 0 Å². The molecule has 0 bridgehead atoms. The van der Waals surface area contributed by atoms with Crippen molar-refractivity contribution in [3.63, 3.8) is 0 Å². The Morgan fingerprint density at radius 1 is 1.22 bits per heavy atom.